The van der Waals surface area contributed by atoms with Gasteiger partial charge in [-0.3, -0.25) is 10.00 Å². The number of hydrogen-bond donors (Lipinski definition) is 3. The number of hydrogen-bond acceptors (Lipinski definition) is 4. The summed E-state index contributed by atoms with van der Waals surface area (Å²) in [6.45, 7) is 4.30. The Morgan fingerprint density at radius 1 is 1.37 bits per heavy atom. The molecule has 1 saturated heterocycles. The van der Waals surface area contributed by atoms with Crippen LogP contribution in [0.15, 0.2) is 30.0 Å². The third-order valence-corrected chi connectivity index (χ3v) is 4.00. The van der Waals surface area contributed by atoms with Gasteiger partial charge in [-0.25, -0.2) is 0 Å². The van der Waals surface area contributed by atoms with Gasteiger partial charge in [0.2, 0.25) is 0 Å². The second kappa shape index (κ2) is 5.09. The molecule has 1 aromatic rings. The van der Waals surface area contributed by atoms with Gasteiger partial charge in [-0.05, 0) is 31.9 Å². The largest absolute Gasteiger partial charge is 0.382 e. The lowest BCUT2D eigenvalue weighted by Crippen LogP contribution is -2.47. The van der Waals surface area contributed by atoms with Crippen molar-refractivity contribution in [3.63, 3.8) is 0 Å². The van der Waals surface area contributed by atoms with Gasteiger partial charge in [0.25, 0.3) is 0 Å². The highest BCUT2D eigenvalue weighted by atomic mass is 15.3. The van der Waals surface area contributed by atoms with Crippen LogP contribution in [-0.2, 0) is 0 Å². The summed E-state index contributed by atoms with van der Waals surface area (Å²) >= 11 is 0. The van der Waals surface area contributed by atoms with Crippen LogP contribution in [0.1, 0.15) is 31.4 Å². The quantitative estimate of drug-likeness (QED) is 0.754. The van der Waals surface area contributed by atoms with E-state index < -0.39 is 0 Å². The van der Waals surface area contributed by atoms with Gasteiger partial charge < -0.3 is 11.1 Å². The van der Waals surface area contributed by atoms with Crippen molar-refractivity contribution in [2.24, 2.45) is 0 Å². The molecule has 3 heterocycles. The molecule has 0 amide bonds. The van der Waals surface area contributed by atoms with Crippen LogP contribution >= 0.6 is 0 Å². The number of allylic oxidation sites excluding steroid dienone is 3. The molecule has 0 bridgehead atoms. The van der Waals surface area contributed by atoms with Gasteiger partial charge in [-0.1, -0.05) is 6.08 Å². The maximum atomic E-state index is 5.67. The number of H-pyrrole nitrogens is 1. The molecule has 19 heavy (non-hydrogen) atoms. The molecular weight excluding hydrogens is 238 g/mol. The summed E-state index contributed by atoms with van der Waals surface area (Å²) < 4.78 is 0. The number of anilines is 1. The van der Waals surface area contributed by atoms with Crippen molar-refractivity contribution < 1.29 is 0 Å². The fraction of sp³-hybridized carbons (Fsp3) is 0.500. The number of nitrogens with one attached hydrogen (secondary N) is 2. The molecule has 0 saturated carbocycles. The monoisotopic (exact) mass is 259 g/mol. The Morgan fingerprint density at radius 2 is 2.16 bits per heavy atom. The van der Waals surface area contributed by atoms with E-state index in [9.17, 15) is 0 Å². The summed E-state index contributed by atoms with van der Waals surface area (Å²) in [6, 6.07) is 1.96. The molecule has 5 nitrogen and oxygen atoms in total. The van der Waals surface area contributed by atoms with Crippen LogP contribution in [0.4, 0.5) is 5.82 Å². The Balaban J connectivity index is 1.58. The third kappa shape index (κ3) is 2.66. The number of nitrogens with zero attached hydrogens (tertiary/aromatic N) is 2. The Hall–Kier alpha value is -1.75. The molecule has 0 aromatic carbocycles. The minimum absolute atomic E-state index is 0.345. The molecule has 1 fully saturated rings. The van der Waals surface area contributed by atoms with E-state index in [0.717, 1.165) is 25.9 Å². The van der Waals surface area contributed by atoms with Crippen LogP contribution < -0.4 is 11.1 Å². The molecule has 5 heteroatoms. The third-order valence-electron chi connectivity index (χ3n) is 4.00. The predicted molar refractivity (Wildman–Crippen MR) is 76.4 cm³/mol. The molecule has 102 valence electrons. The second-order valence-electron chi connectivity index (χ2n) is 5.38. The van der Waals surface area contributed by atoms with Crippen molar-refractivity contribution >= 4 is 5.82 Å². The van der Waals surface area contributed by atoms with Gasteiger partial charge in [0.1, 0.15) is 5.82 Å². The summed E-state index contributed by atoms with van der Waals surface area (Å²) in [5.41, 5.74) is 8.08. The first kappa shape index (κ1) is 12.3. The fourth-order valence-electron chi connectivity index (χ4n) is 2.90. The van der Waals surface area contributed by atoms with Crippen molar-refractivity contribution in [1.82, 2.24) is 20.4 Å². The average molecular weight is 259 g/mol. The number of piperidine rings is 1. The van der Waals surface area contributed by atoms with Gasteiger partial charge in [-0.2, -0.15) is 5.10 Å². The minimum Gasteiger partial charge on any atom is -0.382 e. The number of rotatable bonds is 2. The first-order valence-corrected chi connectivity index (χ1v) is 6.89. The first-order valence-electron chi connectivity index (χ1n) is 6.89. The molecular formula is C14H21N5. The molecule has 4 N–H and O–H groups in total. The van der Waals surface area contributed by atoms with Crippen molar-refractivity contribution in [1.29, 1.82) is 0 Å². The topological polar surface area (TPSA) is 70.0 Å². The van der Waals surface area contributed by atoms with E-state index in [1.165, 1.54) is 11.4 Å². The molecule has 2 aliphatic heterocycles. The second-order valence-corrected chi connectivity index (χ2v) is 5.38. The fourth-order valence-corrected chi connectivity index (χ4v) is 2.90. The number of aromatic nitrogens is 2. The molecule has 0 aliphatic carbocycles. The summed E-state index contributed by atoms with van der Waals surface area (Å²) in [5, 5.41) is 10.6. The maximum Gasteiger partial charge on any atom is 0.145 e. The van der Waals surface area contributed by atoms with Crippen LogP contribution in [0.2, 0.25) is 0 Å². The Bertz CT molecular complexity index is 494. The number of nitrogen functional groups attached to an aromatic ring is 1. The van der Waals surface area contributed by atoms with Crippen molar-refractivity contribution in [3.05, 3.63) is 35.7 Å². The zero-order valence-electron chi connectivity index (χ0n) is 11.3. The summed E-state index contributed by atoms with van der Waals surface area (Å²) in [5.74, 6) is 1.15. The Morgan fingerprint density at radius 3 is 2.79 bits per heavy atom. The molecule has 1 aromatic heterocycles. The maximum absolute atomic E-state index is 5.67. The zero-order chi connectivity index (χ0) is 13.2. The number of nitrogens with two attached hydrogens (primary N) is 1. The number of likely N-dealkylation sites (tertiary alicyclic amines) is 1. The summed E-state index contributed by atoms with van der Waals surface area (Å²) in [6.07, 6.45) is 9.11. The van der Waals surface area contributed by atoms with E-state index in [-0.39, 0.29) is 0 Å². The van der Waals surface area contributed by atoms with Gasteiger partial charge >= 0.3 is 0 Å². The summed E-state index contributed by atoms with van der Waals surface area (Å²) in [4.78, 5) is 2.49. The van der Waals surface area contributed by atoms with E-state index >= 15 is 0 Å². The van der Waals surface area contributed by atoms with Gasteiger partial charge in [0, 0.05) is 36.5 Å². The lowest BCUT2D eigenvalue weighted by atomic mass is 9.93. The molecule has 2 aliphatic rings. The first-order chi connectivity index (χ1) is 9.22. The number of aromatic amines is 1. The summed E-state index contributed by atoms with van der Waals surface area (Å²) in [7, 11) is 0. The van der Waals surface area contributed by atoms with Crippen LogP contribution in [0.5, 0.6) is 0 Å². The Labute approximate surface area is 113 Å². The smallest absolute Gasteiger partial charge is 0.145 e. The van der Waals surface area contributed by atoms with Gasteiger partial charge in [0.05, 0.1) is 6.17 Å². The van der Waals surface area contributed by atoms with Gasteiger partial charge in [-0.15, -0.1) is 0 Å². The zero-order valence-corrected chi connectivity index (χ0v) is 11.3. The van der Waals surface area contributed by atoms with Crippen molar-refractivity contribution in [2.45, 2.75) is 31.8 Å². The minimum atomic E-state index is 0.345. The van der Waals surface area contributed by atoms with Gasteiger partial charge in [0.15, 0.2) is 0 Å². The highest BCUT2D eigenvalue weighted by molar-refractivity contribution is 5.30. The predicted octanol–water partition coefficient (Wildman–Crippen LogP) is 1.56. The highest BCUT2D eigenvalue weighted by Crippen LogP contribution is 2.28. The van der Waals surface area contributed by atoms with Crippen LogP contribution in [-0.4, -0.2) is 34.4 Å². The van der Waals surface area contributed by atoms with Crippen LogP contribution in [0.3, 0.4) is 0 Å². The lowest BCUT2D eigenvalue weighted by Gasteiger charge is -2.37. The standard InChI is InChI=1S/C14H21N5/c1-10-3-2-4-14(16-10)19-7-5-11(6-8-19)12-9-13(15)18-17-12/h2-4,9,11,14,16H,5-8H2,1H3,(H3,15,17,18). The van der Waals surface area contributed by atoms with Crippen molar-refractivity contribution in [2.75, 3.05) is 18.8 Å². The molecule has 0 radical (unpaired) electrons. The molecule has 1 atom stereocenters. The highest BCUT2D eigenvalue weighted by Gasteiger charge is 2.26. The Kier molecular flexibility index (Phi) is 3.29. The molecule has 1 unspecified atom stereocenters. The van der Waals surface area contributed by atoms with Crippen LogP contribution in [0, 0.1) is 0 Å². The SMILES string of the molecule is CC1=CC=CC(N2CCC(c3cc(N)n[nH]3)CC2)N1. The number of dihydropyridines is 1. The van der Waals surface area contributed by atoms with E-state index in [2.05, 4.69) is 45.6 Å². The van der Waals surface area contributed by atoms with E-state index in [4.69, 9.17) is 5.73 Å². The molecule has 3 rings (SSSR count). The lowest BCUT2D eigenvalue weighted by molar-refractivity contribution is 0.160. The van der Waals surface area contributed by atoms with E-state index in [0.29, 0.717) is 17.9 Å². The molecule has 0 spiro atoms. The normalized spacial score (nSPS) is 25.1. The van der Waals surface area contributed by atoms with E-state index in [1.807, 2.05) is 6.07 Å². The van der Waals surface area contributed by atoms with Crippen molar-refractivity contribution in [3.8, 4) is 0 Å². The van der Waals surface area contributed by atoms with E-state index in [1.54, 1.807) is 0 Å². The average Bonchev–Trinajstić information content (AvgIpc) is 2.86. The van der Waals surface area contributed by atoms with Crippen LogP contribution in [0.25, 0.3) is 0 Å².